The van der Waals surface area contributed by atoms with Crippen molar-refractivity contribution in [1.82, 2.24) is 15.1 Å². The first-order valence-corrected chi connectivity index (χ1v) is 7.02. The highest BCUT2D eigenvalue weighted by Gasteiger charge is 2.25. The highest BCUT2D eigenvalue weighted by atomic mass is 35.5. The topological polar surface area (TPSA) is 44.8 Å². The number of nitrogens with zero attached hydrogens (tertiary/aromatic N) is 2. The molecule has 2 aliphatic rings. The number of carbonyl (C=O) groups excluding carboxylic acids is 1. The van der Waals surface area contributed by atoms with E-state index in [0.29, 0.717) is 12.5 Å². The van der Waals surface area contributed by atoms with Crippen molar-refractivity contribution >= 4 is 18.3 Å². The molecule has 2 heterocycles. The Labute approximate surface area is 122 Å². The van der Waals surface area contributed by atoms with Crippen LogP contribution < -0.4 is 5.32 Å². The van der Waals surface area contributed by atoms with Gasteiger partial charge < -0.3 is 15.0 Å². The van der Waals surface area contributed by atoms with Crippen LogP contribution in [0.4, 0.5) is 0 Å². The maximum absolute atomic E-state index is 11.9. The van der Waals surface area contributed by atoms with Crippen molar-refractivity contribution < 1.29 is 9.53 Å². The van der Waals surface area contributed by atoms with Crippen molar-refractivity contribution in [2.45, 2.75) is 12.8 Å². The van der Waals surface area contributed by atoms with Gasteiger partial charge in [-0.15, -0.1) is 12.4 Å². The van der Waals surface area contributed by atoms with Gasteiger partial charge in [-0.2, -0.15) is 0 Å². The molecule has 0 aliphatic carbocycles. The Morgan fingerprint density at radius 1 is 1.32 bits per heavy atom. The van der Waals surface area contributed by atoms with Crippen LogP contribution in [0.1, 0.15) is 12.8 Å². The summed E-state index contributed by atoms with van der Waals surface area (Å²) < 4.78 is 5.37. The molecule has 1 atom stereocenters. The van der Waals surface area contributed by atoms with Gasteiger partial charge in [0.25, 0.3) is 0 Å². The van der Waals surface area contributed by atoms with E-state index in [9.17, 15) is 4.79 Å². The monoisotopic (exact) mass is 291 g/mol. The summed E-state index contributed by atoms with van der Waals surface area (Å²) in [6.45, 7) is 7.24. The Morgan fingerprint density at radius 2 is 2.05 bits per heavy atom. The van der Waals surface area contributed by atoms with Gasteiger partial charge in [0, 0.05) is 32.7 Å². The molecule has 5 nitrogen and oxygen atoms in total. The quantitative estimate of drug-likeness (QED) is 0.804. The number of ether oxygens (including phenoxy) is 1. The number of hydrogen-bond acceptors (Lipinski definition) is 4. The molecule has 0 radical (unpaired) electrons. The zero-order chi connectivity index (χ0) is 12.8. The van der Waals surface area contributed by atoms with Crippen molar-refractivity contribution in [2.75, 3.05) is 59.5 Å². The zero-order valence-electron chi connectivity index (χ0n) is 11.8. The van der Waals surface area contributed by atoms with Gasteiger partial charge >= 0.3 is 0 Å². The molecule has 0 aromatic heterocycles. The summed E-state index contributed by atoms with van der Waals surface area (Å²) in [5, 5.41) is 2.94. The maximum Gasteiger partial charge on any atom is 0.236 e. The molecular weight excluding hydrogens is 266 g/mol. The molecule has 1 amide bonds. The van der Waals surface area contributed by atoms with Crippen molar-refractivity contribution in [3.05, 3.63) is 0 Å². The smallest absolute Gasteiger partial charge is 0.236 e. The van der Waals surface area contributed by atoms with Crippen LogP contribution in [-0.2, 0) is 9.53 Å². The number of piperidine rings is 1. The fraction of sp³-hybridized carbons (Fsp3) is 0.923. The highest BCUT2D eigenvalue weighted by molar-refractivity contribution is 5.85. The van der Waals surface area contributed by atoms with Crippen molar-refractivity contribution in [1.29, 1.82) is 0 Å². The van der Waals surface area contributed by atoms with Crippen LogP contribution in [0.5, 0.6) is 0 Å². The van der Waals surface area contributed by atoms with Gasteiger partial charge in [-0.1, -0.05) is 0 Å². The van der Waals surface area contributed by atoms with Crippen LogP contribution >= 0.6 is 12.4 Å². The highest BCUT2D eigenvalue weighted by Crippen LogP contribution is 2.18. The Balaban J connectivity index is 0.00000180. The Bertz CT molecular complexity index is 273. The summed E-state index contributed by atoms with van der Waals surface area (Å²) in [4.78, 5) is 16.4. The minimum Gasteiger partial charge on any atom is -0.379 e. The molecule has 2 saturated heterocycles. The van der Waals surface area contributed by atoms with Gasteiger partial charge in [0.15, 0.2) is 0 Å². The van der Waals surface area contributed by atoms with E-state index < -0.39 is 0 Å². The molecule has 0 spiro atoms. The number of amides is 1. The average Bonchev–Trinajstić information content (AvgIpc) is 2.40. The minimum atomic E-state index is 0. The molecule has 0 saturated carbocycles. The second-order valence-electron chi connectivity index (χ2n) is 5.29. The lowest BCUT2D eigenvalue weighted by Gasteiger charge is -2.36. The number of likely N-dealkylation sites (tertiary alicyclic amines) is 1. The molecular formula is C13H26ClN3O2. The predicted octanol–water partition coefficient (Wildman–Crippen LogP) is 0.198. The third kappa shape index (κ3) is 5.26. The number of halogens is 1. The van der Waals surface area contributed by atoms with E-state index in [1.165, 1.54) is 6.42 Å². The van der Waals surface area contributed by atoms with Gasteiger partial charge in [0.2, 0.25) is 5.91 Å². The van der Waals surface area contributed by atoms with Crippen LogP contribution in [0, 0.1) is 5.92 Å². The lowest BCUT2D eigenvalue weighted by molar-refractivity contribution is -0.132. The molecule has 2 rings (SSSR count). The fourth-order valence-corrected chi connectivity index (χ4v) is 2.85. The first-order chi connectivity index (χ1) is 8.79. The Hall–Kier alpha value is -0.360. The average molecular weight is 292 g/mol. The van der Waals surface area contributed by atoms with Crippen molar-refractivity contribution in [3.63, 3.8) is 0 Å². The number of morpholine rings is 1. The van der Waals surface area contributed by atoms with Gasteiger partial charge in [-0.25, -0.2) is 0 Å². The standard InChI is InChI=1S/C13H25N3O2.ClH/c1-14-9-13(17)16-4-2-3-12(11-16)10-15-5-7-18-8-6-15;/h12,14H,2-11H2,1H3;1H. The van der Waals surface area contributed by atoms with Crippen LogP contribution in [0.3, 0.4) is 0 Å². The van der Waals surface area contributed by atoms with E-state index >= 15 is 0 Å². The molecule has 0 bridgehead atoms. The van der Waals surface area contributed by atoms with E-state index in [4.69, 9.17) is 4.74 Å². The summed E-state index contributed by atoms with van der Waals surface area (Å²) in [6.07, 6.45) is 2.39. The van der Waals surface area contributed by atoms with Crippen LogP contribution in [0.2, 0.25) is 0 Å². The Morgan fingerprint density at radius 3 is 2.74 bits per heavy atom. The fourth-order valence-electron chi connectivity index (χ4n) is 2.85. The normalized spacial score (nSPS) is 24.9. The molecule has 1 N–H and O–H groups in total. The number of carbonyl (C=O) groups is 1. The van der Waals surface area contributed by atoms with E-state index in [1.807, 2.05) is 11.9 Å². The predicted molar refractivity (Wildman–Crippen MR) is 77.7 cm³/mol. The number of nitrogens with one attached hydrogen (secondary N) is 1. The summed E-state index contributed by atoms with van der Waals surface area (Å²) in [5.74, 6) is 0.877. The lowest BCUT2D eigenvalue weighted by atomic mass is 9.97. The SMILES string of the molecule is CNCC(=O)N1CCCC(CN2CCOCC2)C1.Cl. The van der Waals surface area contributed by atoms with Gasteiger partial charge in [0.1, 0.15) is 0 Å². The van der Waals surface area contributed by atoms with E-state index in [-0.39, 0.29) is 18.3 Å². The van der Waals surface area contributed by atoms with Gasteiger partial charge in [-0.05, 0) is 25.8 Å². The van der Waals surface area contributed by atoms with Crippen LogP contribution in [-0.4, -0.2) is 75.2 Å². The number of hydrogen-bond donors (Lipinski definition) is 1. The molecule has 0 aromatic rings. The van der Waals surface area contributed by atoms with Crippen molar-refractivity contribution in [2.24, 2.45) is 5.92 Å². The third-order valence-electron chi connectivity index (χ3n) is 3.82. The number of rotatable bonds is 4. The van der Waals surface area contributed by atoms with Crippen molar-refractivity contribution in [3.8, 4) is 0 Å². The summed E-state index contributed by atoms with van der Waals surface area (Å²) >= 11 is 0. The summed E-state index contributed by atoms with van der Waals surface area (Å²) in [7, 11) is 1.83. The van der Waals surface area contributed by atoms with Crippen LogP contribution in [0.15, 0.2) is 0 Å². The zero-order valence-corrected chi connectivity index (χ0v) is 12.6. The number of likely N-dealkylation sites (N-methyl/N-ethyl adjacent to an activating group) is 1. The third-order valence-corrected chi connectivity index (χ3v) is 3.82. The molecule has 19 heavy (non-hydrogen) atoms. The Kier molecular flexibility index (Phi) is 7.68. The molecule has 6 heteroatoms. The van der Waals surface area contributed by atoms with E-state index in [2.05, 4.69) is 10.2 Å². The first-order valence-electron chi connectivity index (χ1n) is 7.02. The van der Waals surface area contributed by atoms with E-state index in [1.54, 1.807) is 0 Å². The molecule has 1 unspecified atom stereocenters. The minimum absolute atomic E-state index is 0. The molecule has 2 aliphatic heterocycles. The summed E-state index contributed by atoms with van der Waals surface area (Å²) in [6, 6.07) is 0. The summed E-state index contributed by atoms with van der Waals surface area (Å²) in [5.41, 5.74) is 0. The lowest BCUT2D eigenvalue weighted by Crippen LogP contribution is -2.47. The molecule has 2 fully saturated rings. The second kappa shape index (κ2) is 8.74. The molecule has 112 valence electrons. The van der Waals surface area contributed by atoms with Crippen LogP contribution in [0.25, 0.3) is 0 Å². The maximum atomic E-state index is 11.9. The van der Waals surface area contributed by atoms with E-state index in [0.717, 1.165) is 52.4 Å². The molecule has 0 aromatic carbocycles. The van der Waals surface area contributed by atoms with Gasteiger partial charge in [-0.3, -0.25) is 9.69 Å². The van der Waals surface area contributed by atoms with Gasteiger partial charge in [0.05, 0.1) is 19.8 Å². The largest absolute Gasteiger partial charge is 0.379 e. The first kappa shape index (κ1) is 16.7. The second-order valence-corrected chi connectivity index (χ2v) is 5.29.